The maximum Gasteiger partial charge on any atom is 0.224 e. The zero-order chi connectivity index (χ0) is 16.4. The summed E-state index contributed by atoms with van der Waals surface area (Å²) in [7, 11) is 1.57. The van der Waals surface area contributed by atoms with E-state index in [9.17, 15) is 9.59 Å². The van der Waals surface area contributed by atoms with Crippen molar-refractivity contribution in [3.05, 3.63) is 18.2 Å². The summed E-state index contributed by atoms with van der Waals surface area (Å²) in [4.78, 5) is 23.6. The molecule has 1 aromatic rings. The Hall–Kier alpha value is -2.04. The molecule has 1 aromatic carbocycles. The summed E-state index contributed by atoms with van der Waals surface area (Å²) in [5.41, 5.74) is 1.25. The summed E-state index contributed by atoms with van der Waals surface area (Å²) in [6.07, 6.45) is 5.70. The van der Waals surface area contributed by atoms with Crippen LogP contribution in [-0.2, 0) is 9.59 Å². The van der Waals surface area contributed by atoms with E-state index >= 15 is 0 Å². The van der Waals surface area contributed by atoms with E-state index in [2.05, 4.69) is 10.6 Å². The van der Waals surface area contributed by atoms with Gasteiger partial charge in [-0.1, -0.05) is 6.42 Å². The van der Waals surface area contributed by atoms with Gasteiger partial charge in [0.15, 0.2) is 0 Å². The second kappa shape index (κ2) is 6.60. The standard InChI is InChI=1S/C18H24N2O3/c1-11(21)19-15-5-6-17(23-2)16(10-15)20-18(22)9-14-8-12-3-4-13(14)7-12/h5-6,10,12-14H,3-4,7-9H2,1-2H3,(H,19,21)(H,20,22)/t12-,13-,14+/m0/s1. The van der Waals surface area contributed by atoms with Crippen LogP contribution in [0.5, 0.6) is 5.75 Å². The van der Waals surface area contributed by atoms with E-state index in [1.54, 1.807) is 25.3 Å². The monoisotopic (exact) mass is 316 g/mol. The minimum atomic E-state index is -0.144. The van der Waals surface area contributed by atoms with Crippen LogP contribution in [0.2, 0.25) is 0 Å². The summed E-state index contributed by atoms with van der Waals surface area (Å²) in [6, 6.07) is 5.24. The number of amides is 2. The molecule has 0 aromatic heterocycles. The molecule has 2 N–H and O–H groups in total. The second-order valence-corrected chi connectivity index (χ2v) is 6.78. The average molecular weight is 316 g/mol. The lowest BCUT2D eigenvalue weighted by atomic mass is 9.86. The van der Waals surface area contributed by atoms with Crippen molar-refractivity contribution in [3.63, 3.8) is 0 Å². The highest BCUT2D eigenvalue weighted by atomic mass is 16.5. The number of rotatable bonds is 5. The van der Waals surface area contributed by atoms with E-state index in [1.807, 2.05) is 0 Å². The first kappa shape index (κ1) is 15.8. The fourth-order valence-electron chi connectivity index (χ4n) is 4.15. The lowest BCUT2D eigenvalue weighted by molar-refractivity contribution is -0.117. The number of nitrogens with one attached hydrogen (secondary N) is 2. The van der Waals surface area contributed by atoms with E-state index in [0.717, 1.165) is 11.8 Å². The number of methoxy groups -OCH3 is 1. The molecule has 124 valence electrons. The van der Waals surface area contributed by atoms with Crippen LogP contribution in [0.1, 0.15) is 39.0 Å². The van der Waals surface area contributed by atoms with E-state index in [-0.39, 0.29) is 11.8 Å². The maximum atomic E-state index is 12.4. The zero-order valence-electron chi connectivity index (χ0n) is 13.7. The maximum absolute atomic E-state index is 12.4. The molecule has 0 heterocycles. The largest absolute Gasteiger partial charge is 0.495 e. The molecule has 3 atom stereocenters. The molecule has 5 heteroatoms. The molecule has 0 saturated heterocycles. The topological polar surface area (TPSA) is 67.4 Å². The SMILES string of the molecule is COc1ccc(NC(C)=O)cc1NC(=O)C[C@H]1C[C@H]2CC[C@H]1C2. The van der Waals surface area contributed by atoms with Crippen LogP contribution in [0.25, 0.3) is 0 Å². The van der Waals surface area contributed by atoms with Gasteiger partial charge < -0.3 is 15.4 Å². The number of fused-ring (bicyclic) bond motifs is 2. The molecule has 5 nitrogen and oxygen atoms in total. The molecule has 2 amide bonds. The molecule has 0 radical (unpaired) electrons. The van der Waals surface area contributed by atoms with Gasteiger partial charge in [0, 0.05) is 19.0 Å². The first-order valence-electron chi connectivity index (χ1n) is 8.30. The van der Waals surface area contributed by atoms with Gasteiger partial charge in [-0.05, 0) is 55.2 Å². The molecule has 2 aliphatic rings. The third kappa shape index (κ3) is 3.66. The molecule has 0 unspecified atom stereocenters. The quantitative estimate of drug-likeness (QED) is 0.874. The second-order valence-electron chi connectivity index (χ2n) is 6.78. The van der Waals surface area contributed by atoms with Gasteiger partial charge in [-0.25, -0.2) is 0 Å². The Labute approximate surface area is 136 Å². The van der Waals surface area contributed by atoms with Crippen molar-refractivity contribution >= 4 is 23.2 Å². The number of hydrogen-bond donors (Lipinski definition) is 2. The number of benzene rings is 1. The lowest BCUT2D eigenvalue weighted by Crippen LogP contribution is -2.20. The summed E-state index contributed by atoms with van der Waals surface area (Å²) >= 11 is 0. The minimum Gasteiger partial charge on any atom is -0.495 e. The first-order chi connectivity index (χ1) is 11.0. The highest BCUT2D eigenvalue weighted by Gasteiger charge is 2.40. The van der Waals surface area contributed by atoms with Crippen molar-refractivity contribution in [3.8, 4) is 5.75 Å². The zero-order valence-corrected chi connectivity index (χ0v) is 13.7. The van der Waals surface area contributed by atoms with E-state index < -0.39 is 0 Å². The van der Waals surface area contributed by atoms with Gasteiger partial charge in [-0.15, -0.1) is 0 Å². The molecular formula is C18H24N2O3. The molecule has 0 aliphatic heterocycles. The summed E-state index contributed by atoms with van der Waals surface area (Å²) in [5, 5.41) is 5.67. The first-order valence-corrected chi connectivity index (χ1v) is 8.30. The van der Waals surface area contributed by atoms with Crippen LogP contribution in [0.4, 0.5) is 11.4 Å². The predicted octanol–water partition coefficient (Wildman–Crippen LogP) is 3.42. The number of ether oxygens (including phenoxy) is 1. The molecule has 23 heavy (non-hydrogen) atoms. The van der Waals surface area contributed by atoms with Crippen molar-refractivity contribution in [2.45, 2.75) is 39.0 Å². The Bertz CT molecular complexity index is 614. The van der Waals surface area contributed by atoms with Crippen LogP contribution in [0.3, 0.4) is 0 Å². The summed E-state index contributed by atoms with van der Waals surface area (Å²) in [5.74, 6) is 2.59. The van der Waals surface area contributed by atoms with E-state index in [0.29, 0.717) is 29.5 Å². The van der Waals surface area contributed by atoms with Gasteiger partial charge in [0.25, 0.3) is 0 Å². The lowest BCUT2D eigenvalue weighted by Gasteiger charge is -2.21. The van der Waals surface area contributed by atoms with Crippen molar-refractivity contribution < 1.29 is 14.3 Å². The number of carbonyl (C=O) groups excluding carboxylic acids is 2. The molecule has 2 bridgehead atoms. The average Bonchev–Trinajstić information content (AvgIpc) is 3.09. The number of carbonyl (C=O) groups is 2. The van der Waals surface area contributed by atoms with Crippen LogP contribution >= 0.6 is 0 Å². The third-order valence-corrected chi connectivity index (χ3v) is 5.13. The Balaban J connectivity index is 1.65. The Morgan fingerprint density at radius 2 is 2.04 bits per heavy atom. The van der Waals surface area contributed by atoms with Crippen molar-refractivity contribution in [2.24, 2.45) is 17.8 Å². The van der Waals surface area contributed by atoms with Crippen LogP contribution in [0, 0.1) is 17.8 Å². The minimum absolute atomic E-state index is 0.0285. The molecular weight excluding hydrogens is 292 g/mol. The molecule has 3 rings (SSSR count). The van der Waals surface area contributed by atoms with Crippen molar-refractivity contribution in [1.82, 2.24) is 0 Å². The van der Waals surface area contributed by atoms with Crippen LogP contribution in [-0.4, -0.2) is 18.9 Å². The Morgan fingerprint density at radius 1 is 1.22 bits per heavy atom. The molecule has 2 aliphatic carbocycles. The fraction of sp³-hybridized carbons (Fsp3) is 0.556. The Kier molecular flexibility index (Phi) is 4.55. The van der Waals surface area contributed by atoms with Gasteiger partial charge in [0.05, 0.1) is 12.8 Å². The van der Waals surface area contributed by atoms with Crippen LogP contribution < -0.4 is 15.4 Å². The molecule has 0 spiro atoms. The number of anilines is 2. The van der Waals surface area contributed by atoms with E-state index in [1.165, 1.54) is 32.6 Å². The summed E-state index contributed by atoms with van der Waals surface area (Å²) < 4.78 is 5.30. The van der Waals surface area contributed by atoms with Gasteiger partial charge in [-0.2, -0.15) is 0 Å². The Morgan fingerprint density at radius 3 is 2.65 bits per heavy atom. The van der Waals surface area contributed by atoms with Gasteiger partial charge >= 0.3 is 0 Å². The normalized spacial score (nSPS) is 25.2. The highest BCUT2D eigenvalue weighted by molar-refractivity contribution is 5.95. The smallest absolute Gasteiger partial charge is 0.224 e. The number of hydrogen-bond acceptors (Lipinski definition) is 3. The molecule has 2 saturated carbocycles. The van der Waals surface area contributed by atoms with Gasteiger partial charge in [0.2, 0.25) is 11.8 Å². The fourth-order valence-corrected chi connectivity index (χ4v) is 4.15. The van der Waals surface area contributed by atoms with Crippen molar-refractivity contribution in [1.29, 1.82) is 0 Å². The molecule has 2 fully saturated rings. The van der Waals surface area contributed by atoms with E-state index in [4.69, 9.17) is 4.74 Å². The third-order valence-electron chi connectivity index (χ3n) is 5.13. The van der Waals surface area contributed by atoms with Crippen LogP contribution in [0.15, 0.2) is 18.2 Å². The van der Waals surface area contributed by atoms with Gasteiger partial charge in [-0.3, -0.25) is 9.59 Å². The van der Waals surface area contributed by atoms with Gasteiger partial charge in [0.1, 0.15) is 5.75 Å². The summed E-state index contributed by atoms with van der Waals surface area (Å²) in [6.45, 7) is 1.46. The predicted molar refractivity (Wildman–Crippen MR) is 89.5 cm³/mol. The highest BCUT2D eigenvalue weighted by Crippen LogP contribution is 2.49. The van der Waals surface area contributed by atoms with Crippen molar-refractivity contribution in [2.75, 3.05) is 17.7 Å².